The summed E-state index contributed by atoms with van der Waals surface area (Å²) in [4.78, 5) is 0. The average molecular weight is 719 g/mol. The van der Waals surface area contributed by atoms with Crippen molar-refractivity contribution in [3.05, 3.63) is 201 Å². The van der Waals surface area contributed by atoms with Gasteiger partial charge >= 0.3 is 0 Å². The normalized spacial score (nSPS) is 11.9. The van der Waals surface area contributed by atoms with Gasteiger partial charge in [-0.1, -0.05) is 199 Å². The van der Waals surface area contributed by atoms with E-state index in [2.05, 4.69) is 192 Å². The highest BCUT2D eigenvalue weighted by molar-refractivity contribution is 7.19. The Kier molecular flexibility index (Phi) is 12.6. The van der Waals surface area contributed by atoms with E-state index in [-0.39, 0.29) is 0 Å². The summed E-state index contributed by atoms with van der Waals surface area (Å²) in [6, 6.07) is 55.7. The molecule has 0 N–H and O–H groups in total. The molecule has 6 rings (SSSR count). The van der Waals surface area contributed by atoms with Crippen molar-refractivity contribution in [1.82, 2.24) is 0 Å². The van der Waals surface area contributed by atoms with Crippen LogP contribution in [0.3, 0.4) is 0 Å². The summed E-state index contributed by atoms with van der Waals surface area (Å²) in [5.74, 6) is 0. The molecule has 0 radical (unpaired) electrons. The first-order chi connectivity index (χ1) is 25.4. The fourth-order valence-corrected chi connectivity index (χ4v) is 9.24. The van der Waals surface area contributed by atoms with Crippen molar-refractivity contribution in [3.8, 4) is 11.1 Å². The summed E-state index contributed by atoms with van der Waals surface area (Å²) in [7, 11) is 6.70. The van der Waals surface area contributed by atoms with Crippen LogP contribution in [0.1, 0.15) is 109 Å². The molecule has 0 amide bonds. The Morgan fingerprint density at radius 3 is 0.788 bits per heavy atom. The van der Waals surface area contributed by atoms with Crippen LogP contribution in [0.15, 0.2) is 146 Å². The van der Waals surface area contributed by atoms with Crippen LogP contribution in [-0.4, -0.2) is 0 Å². The third kappa shape index (κ3) is 7.76. The van der Waals surface area contributed by atoms with Crippen molar-refractivity contribution >= 4 is 18.5 Å². The molecule has 0 spiro atoms. The van der Waals surface area contributed by atoms with E-state index >= 15 is 0 Å². The zero-order chi connectivity index (χ0) is 36.6. The van der Waals surface area contributed by atoms with Gasteiger partial charge in [-0.25, -0.2) is 0 Å². The van der Waals surface area contributed by atoms with Gasteiger partial charge in [0.1, 0.15) is 0 Å². The summed E-state index contributed by atoms with van der Waals surface area (Å²) in [6.45, 7) is 9.02. The summed E-state index contributed by atoms with van der Waals surface area (Å²) in [5, 5.41) is -0.932. The van der Waals surface area contributed by atoms with Crippen molar-refractivity contribution < 1.29 is 0 Å². The zero-order valence-electron chi connectivity index (χ0n) is 31.7. The van der Waals surface area contributed by atoms with Crippen LogP contribution in [0, 0.1) is 0 Å². The Bertz CT molecular complexity index is 1770. The molecular formula is C50H56P2. The van der Waals surface area contributed by atoms with E-state index in [1.807, 2.05) is 0 Å². The first-order valence-electron chi connectivity index (χ1n) is 19.5. The molecule has 0 aromatic heterocycles. The lowest BCUT2D eigenvalue weighted by atomic mass is 9.76. The summed E-state index contributed by atoms with van der Waals surface area (Å²) < 4.78 is 0. The maximum Gasteiger partial charge on any atom is 0.0597 e. The number of aryl methyl sites for hydroxylation is 4. The lowest BCUT2D eigenvalue weighted by Crippen LogP contribution is -2.25. The van der Waals surface area contributed by atoms with Gasteiger partial charge in [0.25, 0.3) is 0 Å². The van der Waals surface area contributed by atoms with Crippen molar-refractivity contribution in [2.24, 2.45) is 0 Å². The van der Waals surface area contributed by atoms with Crippen molar-refractivity contribution in [2.75, 3.05) is 0 Å². The second-order valence-electron chi connectivity index (χ2n) is 14.5. The van der Waals surface area contributed by atoms with Crippen LogP contribution in [0.25, 0.3) is 11.1 Å². The highest BCUT2D eigenvalue weighted by atomic mass is 31.0. The highest BCUT2D eigenvalue weighted by Crippen LogP contribution is 2.53. The molecule has 2 unspecified atom stereocenters. The number of rotatable bonds is 15. The molecule has 0 saturated carbocycles. The second kappa shape index (κ2) is 17.3. The Balaban J connectivity index is 1.59. The predicted molar refractivity (Wildman–Crippen MR) is 233 cm³/mol. The second-order valence-corrected chi connectivity index (χ2v) is 16.2. The van der Waals surface area contributed by atoms with Gasteiger partial charge < -0.3 is 0 Å². The molecule has 52 heavy (non-hydrogen) atoms. The maximum atomic E-state index is 3.35. The average Bonchev–Trinajstić information content (AvgIpc) is 3.19. The van der Waals surface area contributed by atoms with Crippen LogP contribution in [0.2, 0.25) is 0 Å². The molecule has 0 aliphatic carbocycles. The molecule has 2 atom stereocenters. The molecule has 0 nitrogen and oxygen atoms in total. The third-order valence-electron chi connectivity index (χ3n) is 10.8. The Morgan fingerprint density at radius 2 is 0.558 bits per heavy atom. The van der Waals surface area contributed by atoms with E-state index in [0.29, 0.717) is 0 Å². The molecule has 266 valence electrons. The molecule has 6 aromatic rings. The third-order valence-corrected chi connectivity index (χ3v) is 12.7. The molecule has 0 aliphatic rings. The van der Waals surface area contributed by atoms with E-state index in [4.69, 9.17) is 0 Å². The Hall–Kier alpha value is -3.82. The summed E-state index contributed by atoms with van der Waals surface area (Å²) in [6.07, 6.45) is 8.94. The molecule has 0 saturated heterocycles. The minimum absolute atomic E-state index is 0.466. The maximum absolute atomic E-state index is 3.35. The lowest BCUT2D eigenvalue weighted by molar-refractivity contribution is 0.871. The van der Waals surface area contributed by atoms with Crippen LogP contribution in [0.4, 0.5) is 0 Å². The lowest BCUT2D eigenvalue weighted by Gasteiger charge is -2.37. The molecule has 0 bridgehead atoms. The van der Waals surface area contributed by atoms with E-state index in [1.165, 1.54) is 66.8 Å². The smallest absolute Gasteiger partial charge is 0.0597 e. The molecular weight excluding hydrogens is 662 g/mol. The minimum atomic E-state index is -0.466. The van der Waals surface area contributed by atoms with Crippen LogP contribution >= 0.6 is 18.5 Å². The van der Waals surface area contributed by atoms with Crippen molar-refractivity contribution in [1.29, 1.82) is 0 Å². The Morgan fingerprint density at radius 1 is 0.327 bits per heavy atom. The van der Waals surface area contributed by atoms with E-state index in [1.54, 1.807) is 0 Å². The minimum Gasteiger partial charge on any atom is -0.117 e. The van der Waals surface area contributed by atoms with E-state index in [0.717, 1.165) is 51.4 Å². The summed E-state index contributed by atoms with van der Waals surface area (Å²) >= 11 is 0. The first kappa shape index (κ1) is 37.9. The molecule has 2 heteroatoms. The van der Waals surface area contributed by atoms with Gasteiger partial charge in [0.2, 0.25) is 0 Å². The SMILES string of the molecule is CCCc1ccc(C(P)(c2ccc(CCC)cc2)c2ccccc2-c2ccccc2C(P)(c2ccc(CCC)cc2)c2ccc(CCC)cc2)cc1. The predicted octanol–water partition coefficient (Wildman–Crippen LogP) is 13.5. The van der Waals surface area contributed by atoms with Crippen LogP contribution < -0.4 is 0 Å². The van der Waals surface area contributed by atoms with Gasteiger partial charge in [-0.2, -0.15) is 0 Å². The fourth-order valence-electron chi connectivity index (χ4n) is 7.97. The zero-order valence-corrected chi connectivity index (χ0v) is 34.0. The van der Waals surface area contributed by atoms with Crippen LogP contribution in [-0.2, 0) is 36.0 Å². The van der Waals surface area contributed by atoms with Gasteiger partial charge in [-0.3, -0.25) is 0 Å². The molecule has 0 fully saturated rings. The fraction of sp³-hybridized carbons (Fsp3) is 0.280. The number of benzene rings is 6. The van der Waals surface area contributed by atoms with Gasteiger partial charge in [0.15, 0.2) is 0 Å². The van der Waals surface area contributed by atoms with E-state index < -0.39 is 10.3 Å². The largest absolute Gasteiger partial charge is 0.117 e. The topological polar surface area (TPSA) is 0 Å². The van der Waals surface area contributed by atoms with Crippen molar-refractivity contribution in [3.63, 3.8) is 0 Å². The van der Waals surface area contributed by atoms with Gasteiger partial charge in [-0.05, 0) is 92.4 Å². The summed E-state index contributed by atoms with van der Waals surface area (Å²) in [5.41, 5.74) is 15.7. The number of hydrogen-bond acceptors (Lipinski definition) is 0. The highest BCUT2D eigenvalue weighted by Gasteiger charge is 2.37. The monoisotopic (exact) mass is 718 g/mol. The van der Waals surface area contributed by atoms with Gasteiger partial charge in [-0.15, -0.1) is 18.5 Å². The number of hydrogen-bond donors (Lipinski definition) is 0. The van der Waals surface area contributed by atoms with Crippen LogP contribution in [0.5, 0.6) is 0 Å². The molecule has 6 aromatic carbocycles. The first-order valence-corrected chi connectivity index (χ1v) is 20.7. The van der Waals surface area contributed by atoms with E-state index in [9.17, 15) is 0 Å². The van der Waals surface area contributed by atoms with Crippen molar-refractivity contribution in [2.45, 2.75) is 89.4 Å². The van der Waals surface area contributed by atoms with Gasteiger partial charge in [0.05, 0.1) is 10.3 Å². The Labute approximate surface area is 318 Å². The molecule has 0 heterocycles. The van der Waals surface area contributed by atoms with Gasteiger partial charge in [0, 0.05) is 0 Å². The quantitative estimate of drug-likeness (QED) is 0.0732. The molecule has 0 aliphatic heterocycles. The standard InChI is InChI=1S/C50H56P2/c1-5-13-37-21-29-41(30-22-37)49(51,42-31-23-38(14-6-2)24-32-42)47-19-11-9-17-45(47)46-18-10-12-20-48(46)50(52,43-33-25-39(15-7-3)26-34-43)44-35-27-40(16-8-4)28-36-44/h9-12,17-36H,5-8,13-16,51-52H2,1-4H3.